The highest BCUT2D eigenvalue weighted by molar-refractivity contribution is 6.09. The van der Waals surface area contributed by atoms with Crippen molar-refractivity contribution in [1.29, 1.82) is 0 Å². The number of fused-ring (bicyclic) bond motifs is 3. The van der Waals surface area contributed by atoms with Gasteiger partial charge in [0.2, 0.25) is 0 Å². The summed E-state index contributed by atoms with van der Waals surface area (Å²) in [4.78, 5) is 12.4. The summed E-state index contributed by atoms with van der Waals surface area (Å²) >= 11 is 0. The Morgan fingerprint density at radius 3 is 2.44 bits per heavy atom. The molecule has 0 atom stereocenters. The minimum Gasteiger partial charge on any atom is -0.294 e. The molecule has 0 saturated heterocycles. The Morgan fingerprint density at radius 2 is 1.56 bits per heavy atom. The van der Waals surface area contributed by atoms with E-state index in [0.29, 0.717) is 12.2 Å². The molecule has 2 aromatic carbocycles. The van der Waals surface area contributed by atoms with Gasteiger partial charge in [-0.1, -0.05) is 49.2 Å². The molecule has 1 aliphatic carbocycles. The summed E-state index contributed by atoms with van der Waals surface area (Å²) in [5.74, 6) is 0.337. The molecule has 1 nitrogen and oxygen atoms in total. The molecule has 1 aliphatic rings. The summed E-state index contributed by atoms with van der Waals surface area (Å²) in [7, 11) is 0. The van der Waals surface area contributed by atoms with Crippen LogP contribution in [0.4, 0.5) is 0 Å². The van der Waals surface area contributed by atoms with E-state index < -0.39 is 0 Å². The Hall–Kier alpha value is -1.63. The molecule has 18 heavy (non-hydrogen) atoms. The minimum absolute atomic E-state index is 0.337. The van der Waals surface area contributed by atoms with E-state index in [2.05, 4.69) is 24.3 Å². The topological polar surface area (TPSA) is 17.1 Å². The Labute approximate surface area is 108 Å². The highest BCUT2D eigenvalue weighted by atomic mass is 16.1. The van der Waals surface area contributed by atoms with Gasteiger partial charge in [0.15, 0.2) is 5.78 Å². The molecule has 0 unspecified atom stereocenters. The van der Waals surface area contributed by atoms with Gasteiger partial charge in [-0.15, -0.1) is 0 Å². The molecule has 0 heterocycles. The minimum atomic E-state index is 0.337. The molecule has 0 fully saturated rings. The molecule has 0 N–H and O–H groups in total. The van der Waals surface area contributed by atoms with Gasteiger partial charge >= 0.3 is 0 Å². The van der Waals surface area contributed by atoms with E-state index in [-0.39, 0.29) is 0 Å². The standard InChI is InChI=1S/C17H18O/c18-16-10-4-2-1-3-8-14-12-11-13-7-5-6-9-15(13)17(14)16/h5-7,9,11-12H,1-4,8,10H2. The maximum absolute atomic E-state index is 12.4. The van der Waals surface area contributed by atoms with Gasteiger partial charge < -0.3 is 0 Å². The molecule has 3 rings (SSSR count). The van der Waals surface area contributed by atoms with Crippen molar-refractivity contribution in [2.24, 2.45) is 0 Å². The second-order valence-electron chi connectivity index (χ2n) is 5.16. The first kappa shape index (κ1) is 11.5. The summed E-state index contributed by atoms with van der Waals surface area (Å²) in [5.41, 5.74) is 2.25. The second-order valence-corrected chi connectivity index (χ2v) is 5.16. The second kappa shape index (κ2) is 4.93. The lowest BCUT2D eigenvalue weighted by molar-refractivity contribution is 0.0981. The van der Waals surface area contributed by atoms with E-state index in [9.17, 15) is 4.79 Å². The first-order valence-electron chi connectivity index (χ1n) is 6.90. The SMILES string of the molecule is O=C1CCCCCCc2ccc3ccccc3c21. The van der Waals surface area contributed by atoms with Crippen LogP contribution in [0.5, 0.6) is 0 Å². The molecule has 2 aromatic rings. The fourth-order valence-electron chi connectivity index (χ4n) is 2.93. The number of carbonyl (C=O) groups excluding carboxylic acids is 1. The smallest absolute Gasteiger partial charge is 0.163 e. The fraction of sp³-hybridized carbons (Fsp3) is 0.353. The molecule has 0 amide bonds. The molecular formula is C17H18O. The third-order valence-corrected chi connectivity index (χ3v) is 3.89. The summed E-state index contributed by atoms with van der Waals surface area (Å²) < 4.78 is 0. The largest absolute Gasteiger partial charge is 0.294 e. The van der Waals surface area contributed by atoms with Gasteiger partial charge in [0, 0.05) is 12.0 Å². The average Bonchev–Trinajstić information content (AvgIpc) is 2.50. The van der Waals surface area contributed by atoms with E-state index in [0.717, 1.165) is 23.8 Å². The molecule has 0 radical (unpaired) electrons. The first-order valence-corrected chi connectivity index (χ1v) is 6.90. The number of Topliss-reactive ketones (excluding diaryl/α,β-unsaturated/α-hetero) is 1. The van der Waals surface area contributed by atoms with Crippen molar-refractivity contribution in [2.75, 3.05) is 0 Å². The number of carbonyl (C=O) groups is 1. The van der Waals surface area contributed by atoms with Gasteiger partial charge in [-0.2, -0.15) is 0 Å². The summed E-state index contributed by atoms with van der Waals surface area (Å²) in [6.07, 6.45) is 6.45. The van der Waals surface area contributed by atoms with Crippen LogP contribution in [0.15, 0.2) is 36.4 Å². The van der Waals surface area contributed by atoms with Crippen LogP contribution in [0.1, 0.15) is 48.0 Å². The Balaban J connectivity index is 2.21. The molecule has 0 aromatic heterocycles. The predicted octanol–water partition coefficient (Wildman–Crippen LogP) is 4.53. The fourth-order valence-corrected chi connectivity index (χ4v) is 2.93. The van der Waals surface area contributed by atoms with Crippen LogP contribution in [0, 0.1) is 0 Å². The number of aryl methyl sites for hydroxylation is 1. The number of hydrogen-bond acceptors (Lipinski definition) is 1. The maximum Gasteiger partial charge on any atom is 0.163 e. The van der Waals surface area contributed by atoms with Crippen LogP contribution in [-0.4, -0.2) is 5.78 Å². The van der Waals surface area contributed by atoms with Crippen molar-refractivity contribution < 1.29 is 4.79 Å². The van der Waals surface area contributed by atoms with Crippen LogP contribution in [-0.2, 0) is 6.42 Å². The van der Waals surface area contributed by atoms with Crippen molar-refractivity contribution in [2.45, 2.75) is 38.5 Å². The van der Waals surface area contributed by atoms with Gasteiger partial charge in [-0.3, -0.25) is 4.79 Å². The van der Waals surface area contributed by atoms with E-state index in [4.69, 9.17) is 0 Å². The Kier molecular flexibility index (Phi) is 3.14. The van der Waals surface area contributed by atoms with Gasteiger partial charge in [-0.25, -0.2) is 0 Å². The molecular weight excluding hydrogens is 220 g/mol. The normalized spacial score (nSPS) is 16.8. The van der Waals surface area contributed by atoms with E-state index >= 15 is 0 Å². The van der Waals surface area contributed by atoms with Crippen LogP contribution < -0.4 is 0 Å². The zero-order valence-electron chi connectivity index (χ0n) is 10.6. The summed E-state index contributed by atoms with van der Waals surface area (Å²) in [5, 5.41) is 2.32. The Morgan fingerprint density at radius 1 is 0.778 bits per heavy atom. The number of hydrogen-bond donors (Lipinski definition) is 0. The predicted molar refractivity (Wildman–Crippen MR) is 75.1 cm³/mol. The highest BCUT2D eigenvalue weighted by Crippen LogP contribution is 2.27. The lowest BCUT2D eigenvalue weighted by atomic mass is 9.93. The van der Waals surface area contributed by atoms with Crippen LogP contribution >= 0.6 is 0 Å². The molecule has 0 saturated carbocycles. The lowest BCUT2D eigenvalue weighted by Crippen LogP contribution is -2.04. The third kappa shape index (κ3) is 2.05. The van der Waals surface area contributed by atoms with Crippen molar-refractivity contribution in [3.05, 3.63) is 47.5 Å². The third-order valence-electron chi connectivity index (χ3n) is 3.89. The molecule has 0 spiro atoms. The van der Waals surface area contributed by atoms with Gasteiger partial charge in [0.25, 0.3) is 0 Å². The van der Waals surface area contributed by atoms with Crippen molar-refractivity contribution in [3.8, 4) is 0 Å². The van der Waals surface area contributed by atoms with Crippen molar-refractivity contribution in [1.82, 2.24) is 0 Å². The Bertz CT molecular complexity index is 583. The highest BCUT2D eigenvalue weighted by Gasteiger charge is 2.16. The van der Waals surface area contributed by atoms with Gasteiger partial charge in [0.05, 0.1) is 0 Å². The van der Waals surface area contributed by atoms with Crippen LogP contribution in [0.25, 0.3) is 10.8 Å². The lowest BCUT2D eigenvalue weighted by Gasteiger charge is -2.10. The summed E-state index contributed by atoms with van der Waals surface area (Å²) in [6.45, 7) is 0. The summed E-state index contributed by atoms with van der Waals surface area (Å²) in [6, 6.07) is 12.6. The van der Waals surface area contributed by atoms with Gasteiger partial charge in [0.1, 0.15) is 0 Å². The van der Waals surface area contributed by atoms with Crippen molar-refractivity contribution >= 4 is 16.6 Å². The quantitative estimate of drug-likeness (QED) is 0.659. The number of benzene rings is 2. The zero-order chi connectivity index (χ0) is 12.4. The van der Waals surface area contributed by atoms with Crippen LogP contribution in [0.3, 0.4) is 0 Å². The van der Waals surface area contributed by atoms with E-state index in [1.807, 2.05) is 12.1 Å². The van der Waals surface area contributed by atoms with E-state index in [1.165, 1.54) is 30.2 Å². The van der Waals surface area contributed by atoms with Crippen LogP contribution in [0.2, 0.25) is 0 Å². The molecule has 0 bridgehead atoms. The average molecular weight is 238 g/mol. The first-order chi connectivity index (χ1) is 8.86. The molecule has 1 heteroatoms. The number of ketones is 1. The van der Waals surface area contributed by atoms with E-state index in [1.54, 1.807) is 0 Å². The number of rotatable bonds is 0. The monoisotopic (exact) mass is 238 g/mol. The van der Waals surface area contributed by atoms with Crippen molar-refractivity contribution in [3.63, 3.8) is 0 Å². The van der Waals surface area contributed by atoms with Gasteiger partial charge in [-0.05, 0) is 35.6 Å². The molecule has 0 aliphatic heterocycles. The molecule has 92 valence electrons. The maximum atomic E-state index is 12.4. The zero-order valence-corrected chi connectivity index (χ0v) is 10.6.